The normalized spacial score (nSPS) is 16.4. The molecule has 0 atom stereocenters. The van der Waals surface area contributed by atoms with E-state index in [1.807, 2.05) is 31.3 Å². The fraction of sp³-hybridized carbons (Fsp3) is 0.200. The smallest absolute Gasteiger partial charge is 0.252 e. The minimum absolute atomic E-state index is 0.0144. The largest absolute Gasteiger partial charge is 0.342 e. The molecule has 1 saturated heterocycles. The van der Waals surface area contributed by atoms with E-state index in [1.54, 1.807) is 9.80 Å². The lowest BCUT2D eigenvalue weighted by Crippen LogP contribution is -2.31. The molecule has 0 saturated carbocycles. The molecule has 1 aromatic carbocycles. The Kier molecular flexibility index (Phi) is 2.75. The molecule has 3 nitrogen and oxygen atoms in total. The summed E-state index contributed by atoms with van der Waals surface area (Å²) in [4.78, 5) is 15.0. The maximum Gasteiger partial charge on any atom is 0.252 e. The fourth-order valence-corrected chi connectivity index (χ4v) is 2.15. The second kappa shape index (κ2) is 3.90. The van der Waals surface area contributed by atoms with Crippen molar-refractivity contribution in [3.05, 3.63) is 28.7 Å². The summed E-state index contributed by atoms with van der Waals surface area (Å²) in [5.74, 6) is 0.0144. The molecule has 15 heavy (non-hydrogen) atoms. The summed E-state index contributed by atoms with van der Waals surface area (Å²) >= 11 is 8.55. The van der Waals surface area contributed by atoms with E-state index in [9.17, 15) is 4.79 Å². The number of anilines is 1. The first-order chi connectivity index (χ1) is 7.09. The Bertz CT molecular complexity index is 435. The highest BCUT2D eigenvalue weighted by molar-refractivity contribution is 9.10. The average molecular weight is 285 g/mol. The van der Waals surface area contributed by atoms with Crippen LogP contribution in [0, 0.1) is 0 Å². The van der Waals surface area contributed by atoms with Crippen LogP contribution in [-0.2, 0) is 4.79 Å². The van der Waals surface area contributed by atoms with E-state index in [1.165, 1.54) is 0 Å². The lowest BCUT2D eigenvalue weighted by atomic mass is 10.3. The van der Waals surface area contributed by atoms with Gasteiger partial charge in [0.25, 0.3) is 5.91 Å². The number of amides is 1. The summed E-state index contributed by atoms with van der Waals surface area (Å²) in [6, 6.07) is 7.54. The number of carbonyl (C=O) groups excluding carboxylic acids is 1. The van der Waals surface area contributed by atoms with Gasteiger partial charge in [-0.3, -0.25) is 9.69 Å². The molecule has 1 aliphatic rings. The Balaban J connectivity index is 2.39. The third kappa shape index (κ3) is 1.89. The third-order valence-corrected chi connectivity index (χ3v) is 3.19. The molecule has 0 aliphatic carbocycles. The predicted molar refractivity (Wildman–Crippen MR) is 66.9 cm³/mol. The van der Waals surface area contributed by atoms with Crippen LogP contribution in [0.25, 0.3) is 0 Å². The number of benzene rings is 1. The van der Waals surface area contributed by atoms with E-state index >= 15 is 0 Å². The first-order valence-corrected chi connectivity index (χ1v) is 5.63. The van der Waals surface area contributed by atoms with E-state index < -0.39 is 0 Å². The van der Waals surface area contributed by atoms with Gasteiger partial charge in [-0.15, -0.1) is 0 Å². The molecule has 1 fully saturated rings. The van der Waals surface area contributed by atoms with Crippen molar-refractivity contribution in [1.82, 2.24) is 4.90 Å². The third-order valence-electron chi connectivity index (χ3n) is 2.21. The van der Waals surface area contributed by atoms with Gasteiger partial charge in [0.15, 0.2) is 5.11 Å². The van der Waals surface area contributed by atoms with Gasteiger partial charge in [-0.25, -0.2) is 0 Å². The maximum absolute atomic E-state index is 11.7. The Hall–Kier alpha value is -0.940. The van der Waals surface area contributed by atoms with Crippen molar-refractivity contribution in [2.24, 2.45) is 0 Å². The second-order valence-electron chi connectivity index (χ2n) is 3.35. The van der Waals surface area contributed by atoms with Crippen LogP contribution in [-0.4, -0.2) is 29.5 Å². The molecule has 0 spiro atoms. The van der Waals surface area contributed by atoms with E-state index in [4.69, 9.17) is 12.2 Å². The van der Waals surface area contributed by atoms with Crippen molar-refractivity contribution in [2.75, 3.05) is 18.5 Å². The molecular formula is C10H9BrN2OS. The van der Waals surface area contributed by atoms with E-state index in [2.05, 4.69) is 15.9 Å². The van der Waals surface area contributed by atoms with Crippen molar-refractivity contribution in [3.8, 4) is 0 Å². The topological polar surface area (TPSA) is 23.6 Å². The molecule has 1 heterocycles. The molecular weight excluding hydrogens is 276 g/mol. The summed E-state index contributed by atoms with van der Waals surface area (Å²) < 4.78 is 0.935. The van der Waals surface area contributed by atoms with Crippen LogP contribution in [0.2, 0.25) is 0 Å². The van der Waals surface area contributed by atoms with Crippen molar-refractivity contribution >= 4 is 44.9 Å². The SMILES string of the molecule is CN1CC(=O)N(c2cccc(Br)c2)C1=S. The van der Waals surface area contributed by atoms with Crippen molar-refractivity contribution in [1.29, 1.82) is 0 Å². The molecule has 1 aromatic rings. The van der Waals surface area contributed by atoms with Gasteiger partial charge in [-0.1, -0.05) is 22.0 Å². The summed E-state index contributed by atoms with van der Waals surface area (Å²) in [5, 5.41) is 0.554. The second-order valence-corrected chi connectivity index (χ2v) is 4.63. The molecule has 0 N–H and O–H groups in total. The molecule has 5 heteroatoms. The van der Waals surface area contributed by atoms with Crippen LogP contribution in [0.5, 0.6) is 0 Å². The van der Waals surface area contributed by atoms with E-state index in [-0.39, 0.29) is 5.91 Å². The van der Waals surface area contributed by atoms with E-state index in [0.29, 0.717) is 11.7 Å². The van der Waals surface area contributed by atoms with Crippen LogP contribution in [0.1, 0.15) is 0 Å². The Morgan fingerprint density at radius 1 is 1.47 bits per heavy atom. The zero-order valence-corrected chi connectivity index (χ0v) is 10.5. The number of nitrogens with zero attached hydrogens (tertiary/aromatic N) is 2. The van der Waals surface area contributed by atoms with Gasteiger partial charge in [0.2, 0.25) is 0 Å². The minimum atomic E-state index is 0.0144. The van der Waals surface area contributed by atoms with Gasteiger partial charge in [-0.2, -0.15) is 0 Å². The van der Waals surface area contributed by atoms with Crippen LogP contribution >= 0.6 is 28.1 Å². The number of hydrogen-bond donors (Lipinski definition) is 0. The van der Waals surface area contributed by atoms with Crippen LogP contribution in [0.4, 0.5) is 5.69 Å². The standard InChI is InChI=1S/C10H9BrN2OS/c1-12-6-9(14)13(10(12)15)8-4-2-3-7(11)5-8/h2-5H,6H2,1H3. The number of hydrogen-bond acceptors (Lipinski definition) is 2. The van der Waals surface area contributed by atoms with Gasteiger partial charge >= 0.3 is 0 Å². The van der Waals surface area contributed by atoms with Gasteiger partial charge in [0.05, 0.1) is 12.2 Å². The maximum atomic E-state index is 11.7. The Labute approximate surface area is 102 Å². The molecule has 78 valence electrons. The lowest BCUT2D eigenvalue weighted by molar-refractivity contribution is -0.116. The quantitative estimate of drug-likeness (QED) is 0.737. The number of likely N-dealkylation sites (N-methyl/N-ethyl adjacent to an activating group) is 1. The first kappa shape index (κ1) is 10.6. The highest BCUT2D eigenvalue weighted by atomic mass is 79.9. The first-order valence-electron chi connectivity index (χ1n) is 4.43. The van der Waals surface area contributed by atoms with Crippen molar-refractivity contribution in [2.45, 2.75) is 0 Å². The van der Waals surface area contributed by atoms with Crippen molar-refractivity contribution < 1.29 is 4.79 Å². The summed E-state index contributed by atoms with van der Waals surface area (Å²) in [7, 11) is 1.82. The molecule has 0 radical (unpaired) electrons. The van der Waals surface area contributed by atoms with Crippen molar-refractivity contribution in [3.63, 3.8) is 0 Å². The minimum Gasteiger partial charge on any atom is -0.342 e. The zero-order valence-electron chi connectivity index (χ0n) is 8.11. The Morgan fingerprint density at radius 3 is 2.73 bits per heavy atom. The highest BCUT2D eigenvalue weighted by Gasteiger charge is 2.31. The highest BCUT2D eigenvalue weighted by Crippen LogP contribution is 2.23. The monoisotopic (exact) mass is 284 g/mol. The van der Waals surface area contributed by atoms with Gasteiger partial charge < -0.3 is 4.90 Å². The van der Waals surface area contributed by atoms with Crippen LogP contribution in [0.3, 0.4) is 0 Å². The number of thiocarbonyl (C=S) groups is 1. The number of carbonyl (C=O) groups is 1. The number of halogens is 1. The average Bonchev–Trinajstić information content (AvgIpc) is 2.41. The summed E-state index contributed by atoms with van der Waals surface area (Å²) in [6.07, 6.45) is 0. The summed E-state index contributed by atoms with van der Waals surface area (Å²) in [6.45, 7) is 0.353. The molecule has 0 aromatic heterocycles. The van der Waals surface area contributed by atoms with Crippen LogP contribution in [0.15, 0.2) is 28.7 Å². The number of rotatable bonds is 1. The fourth-order valence-electron chi connectivity index (χ4n) is 1.49. The molecule has 1 amide bonds. The Morgan fingerprint density at radius 2 is 2.20 bits per heavy atom. The molecule has 0 unspecified atom stereocenters. The lowest BCUT2D eigenvalue weighted by Gasteiger charge is -2.17. The summed E-state index contributed by atoms with van der Waals surface area (Å²) in [5.41, 5.74) is 0.809. The molecule has 2 rings (SSSR count). The van der Waals surface area contributed by atoms with Crippen LogP contribution < -0.4 is 4.90 Å². The van der Waals surface area contributed by atoms with Gasteiger partial charge in [0, 0.05) is 11.5 Å². The van der Waals surface area contributed by atoms with E-state index in [0.717, 1.165) is 10.2 Å². The van der Waals surface area contributed by atoms with Gasteiger partial charge in [-0.05, 0) is 30.4 Å². The zero-order chi connectivity index (χ0) is 11.0. The molecule has 0 bridgehead atoms. The molecule has 1 aliphatic heterocycles. The predicted octanol–water partition coefficient (Wildman–Crippen LogP) is 2.01. The van der Waals surface area contributed by atoms with Gasteiger partial charge in [0.1, 0.15) is 0 Å².